The maximum Gasteiger partial charge on any atom is 0.178 e. The molecule has 4 aromatic rings. The van der Waals surface area contributed by atoms with E-state index in [0.29, 0.717) is 5.92 Å². The predicted molar refractivity (Wildman–Crippen MR) is 88.8 cm³/mol. The van der Waals surface area contributed by atoms with E-state index < -0.39 is 0 Å². The summed E-state index contributed by atoms with van der Waals surface area (Å²) >= 11 is 1.58. The average Bonchev–Trinajstić information content (AvgIpc) is 3.19. The van der Waals surface area contributed by atoms with Crippen molar-refractivity contribution in [2.45, 2.75) is 18.8 Å². The third-order valence-corrected chi connectivity index (χ3v) is 4.87. The Morgan fingerprint density at radius 1 is 1.23 bits per heavy atom. The zero-order valence-electron chi connectivity index (χ0n) is 11.7. The van der Waals surface area contributed by atoms with Gasteiger partial charge in [0.15, 0.2) is 5.82 Å². The molecule has 0 bridgehead atoms. The van der Waals surface area contributed by atoms with Gasteiger partial charge in [0.2, 0.25) is 0 Å². The highest BCUT2D eigenvalue weighted by Gasteiger charge is 2.27. The second-order valence-electron chi connectivity index (χ2n) is 5.65. The lowest BCUT2D eigenvalue weighted by Crippen LogP contribution is -1.91. The quantitative estimate of drug-likeness (QED) is 0.595. The van der Waals surface area contributed by atoms with E-state index in [4.69, 9.17) is 0 Å². The van der Waals surface area contributed by atoms with E-state index in [1.54, 1.807) is 17.7 Å². The summed E-state index contributed by atoms with van der Waals surface area (Å²) in [5, 5.41) is 11.9. The van der Waals surface area contributed by atoms with Gasteiger partial charge in [0.25, 0.3) is 0 Å². The Balaban J connectivity index is 1.53. The zero-order valence-corrected chi connectivity index (χ0v) is 12.5. The first-order chi connectivity index (χ1) is 10.9. The first-order valence-electron chi connectivity index (χ1n) is 7.34. The van der Waals surface area contributed by atoms with Crippen molar-refractivity contribution in [1.29, 1.82) is 0 Å². The highest BCUT2D eigenvalue weighted by Crippen LogP contribution is 2.44. The summed E-state index contributed by atoms with van der Waals surface area (Å²) in [6.07, 6.45) is 4.34. The van der Waals surface area contributed by atoms with Gasteiger partial charge in [-0.15, -0.1) is 0 Å². The summed E-state index contributed by atoms with van der Waals surface area (Å²) in [5.41, 5.74) is 4.07. The van der Waals surface area contributed by atoms with Crippen LogP contribution in [0, 0.1) is 0 Å². The number of rotatable bonds is 3. The van der Waals surface area contributed by atoms with Gasteiger partial charge in [0, 0.05) is 23.2 Å². The van der Waals surface area contributed by atoms with Gasteiger partial charge in [-0.3, -0.25) is 10.1 Å². The van der Waals surface area contributed by atoms with Crippen molar-refractivity contribution in [2.75, 3.05) is 5.32 Å². The number of fused-ring (bicyclic) bond motifs is 2. The van der Waals surface area contributed by atoms with Crippen molar-refractivity contribution < 1.29 is 0 Å². The maximum atomic E-state index is 4.63. The van der Waals surface area contributed by atoms with Gasteiger partial charge in [-0.2, -0.15) is 9.47 Å². The third kappa shape index (κ3) is 1.88. The van der Waals surface area contributed by atoms with Crippen LogP contribution in [-0.2, 0) is 0 Å². The molecular formula is C16H13N5S. The largest absolute Gasteiger partial charge is 0.337 e. The van der Waals surface area contributed by atoms with Crippen LogP contribution in [0.25, 0.3) is 21.1 Å². The highest BCUT2D eigenvalue weighted by molar-refractivity contribution is 7.13. The first kappa shape index (κ1) is 12.1. The van der Waals surface area contributed by atoms with E-state index in [2.05, 4.69) is 43.1 Å². The molecule has 5 rings (SSSR count). The topological polar surface area (TPSA) is 66.5 Å². The number of H-pyrrole nitrogens is 1. The van der Waals surface area contributed by atoms with Crippen LogP contribution in [0.1, 0.15) is 24.5 Å². The lowest BCUT2D eigenvalue weighted by molar-refractivity contribution is 1.09. The number of nitrogens with zero attached hydrogens (tertiary/aromatic N) is 3. The number of aromatic nitrogens is 4. The van der Waals surface area contributed by atoms with Crippen LogP contribution in [0.15, 0.2) is 36.5 Å². The maximum absolute atomic E-state index is 4.63. The van der Waals surface area contributed by atoms with E-state index >= 15 is 0 Å². The number of aromatic amines is 1. The standard InChI is InChI=1S/C16H13N5S/c1-2-12-15(17-7-1)16(20-19-12)18-10-5-6-11-13(8-10)22-21-14(11)9-3-4-9/h1-2,5-9H,3-4H2,(H2,18,19,20). The third-order valence-electron chi connectivity index (χ3n) is 4.05. The summed E-state index contributed by atoms with van der Waals surface area (Å²) in [7, 11) is 0. The fraction of sp³-hybridized carbons (Fsp3) is 0.188. The molecule has 1 aliphatic carbocycles. The van der Waals surface area contributed by atoms with Gasteiger partial charge in [0.1, 0.15) is 5.52 Å². The molecule has 2 N–H and O–H groups in total. The second kappa shape index (κ2) is 4.51. The molecular weight excluding hydrogens is 294 g/mol. The Labute approximate surface area is 130 Å². The van der Waals surface area contributed by atoms with E-state index in [0.717, 1.165) is 22.5 Å². The Bertz CT molecular complexity index is 982. The Morgan fingerprint density at radius 3 is 3.09 bits per heavy atom. The van der Waals surface area contributed by atoms with Crippen molar-refractivity contribution in [3.63, 3.8) is 0 Å². The molecule has 5 nitrogen and oxygen atoms in total. The summed E-state index contributed by atoms with van der Waals surface area (Å²) in [5.74, 6) is 1.44. The first-order valence-corrected chi connectivity index (χ1v) is 8.11. The van der Waals surface area contributed by atoms with Crippen molar-refractivity contribution in [3.05, 3.63) is 42.2 Å². The molecule has 0 aliphatic heterocycles. The van der Waals surface area contributed by atoms with E-state index in [1.807, 2.05) is 12.1 Å². The molecule has 3 aromatic heterocycles. The Morgan fingerprint density at radius 2 is 2.18 bits per heavy atom. The van der Waals surface area contributed by atoms with Gasteiger partial charge in [-0.25, -0.2) is 0 Å². The molecule has 0 radical (unpaired) electrons. The molecule has 0 unspecified atom stereocenters. The number of hydrogen-bond acceptors (Lipinski definition) is 5. The minimum absolute atomic E-state index is 0.687. The van der Waals surface area contributed by atoms with Crippen LogP contribution in [0.2, 0.25) is 0 Å². The van der Waals surface area contributed by atoms with Crippen LogP contribution in [-0.4, -0.2) is 19.6 Å². The van der Waals surface area contributed by atoms with Gasteiger partial charge in [0.05, 0.1) is 15.9 Å². The minimum Gasteiger partial charge on any atom is -0.337 e. The number of hydrogen-bond donors (Lipinski definition) is 2. The molecule has 6 heteroatoms. The number of anilines is 2. The minimum atomic E-state index is 0.687. The van der Waals surface area contributed by atoms with Crippen molar-refractivity contribution in [2.24, 2.45) is 0 Å². The van der Waals surface area contributed by atoms with E-state index in [-0.39, 0.29) is 0 Å². The molecule has 0 saturated heterocycles. The number of nitrogens with one attached hydrogen (secondary N) is 2. The Hall–Kier alpha value is -2.47. The molecule has 22 heavy (non-hydrogen) atoms. The van der Waals surface area contributed by atoms with Gasteiger partial charge in [-0.05, 0) is 54.7 Å². The molecule has 3 heterocycles. The second-order valence-corrected chi connectivity index (χ2v) is 6.45. The Kier molecular flexibility index (Phi) is 2.48. The van der Waals surface area contributed by atoms with Crippen molar-refractivity contribution in [3.8, 4) is 0 Å². The molecule has 1 saturated carbocycles. The van der Waals surface area contributed by atoms with Gasteiger partial charge >= 0.3 is 0 Å². The number of benzene rings is 1. The fourth-order valence-corrected chi connectivity index (χ4v) is 3.66. The van der Waals surface area contributed by atoms with E-state index in [9.17, 15) is 0 Å². The van der Waals surface area contributed by atoms with Crippen LogP contribution in [0.4, 0.5) is 11.5 Å². The van der Waals surface area contributed by atoms with Crippen LogP contribution in [0.5, 0.6) is 0 Å². The van der Waals surface area contributed by atoms with Crippen LogP contribution in [0.3, 0.4) is 0 Å². The molecule has 0 spiro atoms. The molecule has 108 valence electrons. The lowest BCUT2D eigenvalue weighted by Gasteiger charge is -2.03. The van der Waals surface area contributed by atoms with Crippen LogP contribution >= 0.6 is 11.5 Å². The molecule has 1 aliphatic rings. The smallest absolute Gasteiger partial charge is 0.178 e. The predicted octanol–water partition coefficient (Wildman–Crippen LogP) is 4.19. The lowest BCUT2D eigenvalue weighted by atomic mass is 10.1. The number of pyridine rings is 1. The zero-order chi connectivity index (χ0) is 14.5. The summed E-state index contributed by atoms with van der Waals surface area (Å²) in [6.45, 7) is 0. The summed E-state index contributed by atoms with van der Waals surface area (Å²) < 4.78 is 5.85. The van der Waals surface area contributed by atoms with Gasteiger partial charge in [-0.1, -0.05) is 0 Å². The SMILES string of the molecule is c1cnc2c(Nc3ccc4c(C5CC5)nsc4c3)n[nH]c2c1. The van der Waals surface area contributed by atoms with Crippen LogP contribution < -0.4 is 5.32 Å². The van der Waals surface area contributed by atoms with Crippen molar-refractivity contribution in [1.82, 2.24) is 19.6 Å². The monoisotopic (exact) mass is 307 g/mol. The average molecular weight is 307 g/mol. The highest BCUT2D eigenvalue weighted by atomic mass is 32.1. The van der Waals surface area contributed by atoms with Gasteiger partial charge < -0.3 is 5.32 Å². The van der Waals surface area contributed by atoms with Crippen molar-refractivity contribution >= 4 is 44.2 Å². The molecule has 1 fully saturated rings. The van der Waals surface area contributed by atoms with E-state index in [1.165, 1.54) is 28.6 Å². The fourth-order valence-electron chi connectivity index (χ4n) is 2.76. The normalized spacial score (nSPS) is 14.7. The molecule has 0 atom stereocenters. The summed E-state index contributed by atoms with van der Waals surface area (Å²) in [4.78, 5) is 4.37. The molecule has 0 amide bonds. The molecule has 1 aromatic carbocycles. The summed E-state index contributed by atoms with van der Waals surface area (Å²) in [6, 6.07) is 10.3.